The van der Waals surface area contributed by atoms with Crippen LogP contribution in [0.1, 0.15) is 0 Å². The van der Waals surface area contributed by atoms with E-state index in [1.54, 1.807) is 4.74 Å². The van der Waals surface area contributed by atoms with Gasteiger partial charge in [-0.15, -0.1) is 0 Å². The van der Waals surface area contributed by atoms with Crippen molar-refractivity contribution < 1.29 is 76.1 Å². The van der Waals surface area contributed by atoms with Crippen LogP contribution in [0.3, 0.4) is 0 Å². The number of alkyl halides is 10. The van der Waals surface area contributed by atoms with Crippen LogP contribution in [0.15, 0.2) is 12.1 Å². The largest absolute Gasteiger partial charge is 0.470 e. The van der Waals surface area contributed by atoms with E-state index in [9.17, 15) is 61.9 Å². The van der Waals surface area contributed by atoms with Crippen LogP contribution in [0.25, 0.3) is 0 Å². The first-order valence-electron chi connectivity index (χ1n) is 5.34. The summed E-state index contributed by atoms with van der Waals surface area (Å²) >= 11 is 0. The Kier molecular flexibility index (Phi) is 6.47. The van der Waals surface area contributed by atoms with Crippen LogP contribution in [0, 0.1) is 0 Å². The summed E-state index contributed by atoms with van der Waals surface area (Å²) in [5, 5.41) is 0. The van der Waals surface area contributed by atoms with E-state index in [0.717, 1.165) is 0 Å². The van der Waals surface area contributed by atoms with Crippen molar-refractivity contribution in [3.05, 3.63) is 12.1 Å². The van der Waals surface area contributed by atoms with Gasteiger partial charge in [0.15, 0.2) is 0 Å². The molecule has 26 heavy (non-hydrogen) atoms. The SMILES string of the molecule is COC(=O)C(F)(F)C(F)(F)OC(F)(F)C(F)(OC(F)=C(F)F)C(F)(F)F. The fourth-order valence-electron chi connectivity index (χ4n) is 0.982. The fraction of sp³-hybridized carbons (Fsp3) is 0.667. The third-order valence-corrected chi connectivity index (χ3v) is 2.18. The van der Waals surface area contributed by atoms with Crippen molar-refractivity contribution >= 4 is 5.97 Å². The number of rotatable bonds is 7. The van der Waals surface area contributed by atoms with Gasteiger partial charge in [-0.1, -0.05) is 0 Å². The summed E-state index contributed by atoms with van der Waals surface area (Å²) in [7, 11) is 0.0208. The normalized spacial score (nSPS) is 15.9. The molecule has 4 nitrogen and oxygen atoms in total. The predicted octanol–water partition coefficient (Wildman–Crippen LogP) is 4.28. The molecule has 0 aromatic rings. The third-order valence-electron chi connectivity index (χ3n) is 2.18. The fourth-order valence-corrected chi connectivity index (χ4v) is 0.982. The van der Waals surface area contributed by atoms with Crippen molar-refractivity contribution in [2.45, 2.75) is 30.2 Å². The molecule has 0 radical (unpaired) electrons. The molecule has 0 aromatic heterocycles. The molecular weight excluding hydrogens is 419 g/mol. The van der Waals surface area contributed by atoms with E-state index in [4.69, 9.17) is 0 Å². The number of carbonyl (C=O) groups excluding carboxylic acids is 1. The summed E-state index contributed by atoms with van der Waals surface area (Å²) in [5.74, 6) is -16.8. The maximum absolute atomic E-state index is 13.4. The van der Waals surface area contributed by atoms with E-state index < -0.39 is 48.2 Å². The van der Waals surface area contributed by atoms with Crippen LogP contribution in [0.5, 0.6) is 0 Å². The minimum atomic E-state index is -7.28. The molecule has 1 atom stereocenters. The highest BCUT2D eigenvalue weighted by Gasteiger charge is 2.81. The average Bonchev–Trinajstić information content (AvgIpc) is 2.43. The molecule has 0 aliphatic carbocycles. The van der Waals surface area contributed by atoms with Gasteiger partial charge < -0.3 is 9.47 Å². The van der Waals surface area contributed by atoms with Gasteiger partial charge in [0.2, 0.25) is 0 Å². The Hall–Kier alpha value is -1.94. The molecule has 0 saturated carbocycles. The molecule has 0 amide bonds. The number of esters is 1. The van der Waals surface area contributed by atoms with Crippen molar-refractivity contribution in [3.8, 4) is 0 Å². The van der Waals surface area contributed by atoms with Gasteiger partial charge in [-0.2, -0.15) is 57.1 Å². The second-order valence-electron chi connectivity index (χ2n) is 3.93. The number of carbonyl (C=O) groups is 1. The van der Waals surface area contributed by atoms with E-state index in [0.29, 0.717) is 0 Å². The van der Waals surface area contributed by atoms with Gasteiger partial charge in [-0.05, 0) is 0 Å². The topological polar surface area (TPSA) is 44.8 Å². The van der Waals surface area contributed by atoms with E-state index in [1.165, 1.54) is 0 Å². The van der Waals surface area contributed by atoms with Gasteiger partial charge in [-0.3, -0.25) is 0 Å². The molecule has 0 N–H and O–H groups in total. The predicted molar refractivity (Wildman–Crippen MR) is 49.3 cm³/mol. The van der Waals surface area contributed by atoms with Gasteiger partial charge in [0.1, 0.15) is 0 Å². The zero-order valence-corrected chi connectivity index (χ0v) is 11.5. The summed E-state index contributed by atoms with van der Waals surface area (Å²) < 4.78 is 171. The molecule has 17 heteroatoms. The first kappa shape index (κ1) is 24.1. The van der Waals surface area contributed by atoms with E-state index in [2.05, 4.69) is 4.74 Å². The monoisotopic (exact) mass is 422 g/mol. The van der Waals surface area contributed by atoms with E-state index >= 15 is 0 Å². The molecule has 0 bridgehead atoms. The zero-order chi connectivity index (χ0) is 21.4. The van der Waals surface area contributed by atoms with Gasteiger partial charge in [0.05, 0.1) is 7.11 Å². The standard InChI is InChI=1S/C9H3F13O4/c1-24-4(23)5(13,14)8(19,20)26-9(21,22)6(15,7(16,17)18)25-3(12)2(10)11/h1H3. The first-order chi connectivity index (χ1) is 11.3. The Labute approximate surface area is 133 Å². The highest BCUT2D eigenvalue weighted by Crippen LogP contribution is 2.52. The summed E-state index contributed by atoms with van der Waals surface area (Å²) in [4.78, 5) is 10.4. The Balaban J connectivity index is 6.14. The number of hydrogen-bond acceptors (Lipinski definition) is 4. The lowest BCUT2D eigenvalue weighted by atomic mass is 10.2. The van der Waals surface area contributed by atoms with E-state index in [1.807, 2.05) is 4.74 Å². The summed E-state index contributed by atoms with van der Waals surface area (Å²) in [5.41, 5.74) is 0. The molecule has 0 aromatic carbocycles. The number of ether oxygens (including phenoxy) is 3. The molecular formula is C9H3F13O4. The molecule has 0 rings (SSSR count). The Morgan fingerprint density at radius 2 is 1.19 bits per heavy atom. The first-order valence-corrected chi connectivity index (χ1v) is 5.34. The maximum atomic E-state index is 13.4. The molecule has 0 heterocycles. The minimum Gasteiger partial charge on any atom is -0.464 e. The lowest BCUT2D eigenvalue weighted by Gasteiger charge is -2.35. The van der Waals surface area contributed by atoms with Crippen molar-refractivity contribution in [1.82, 2.24) is 0 Å². The molecule has 0 aliphatic heterocycles. The highest BCUT2D eigenvalue weighted by atomic mass is 19.4. The Morgan fingerprint density at radius 3 is 1.50 bits per heavy atom. The smallest absolute Gasteiger partial charge is 0.464 e. The van der Waals surface area contributed by atoms with Gasteiger partial charge in [-0.25, -0.2) is 9.53 Å². The molecule has 0 fully saturated rings. The molecule has 0 aliphatic rings. The third kappa shape index (κ3) is 4.24. The minimum absolute atomic E-state index is 0.0208. The maximum Gasteiger partial charge on any atom is 0.470 e. The number of methoxy groups -OCH3 is 1. The summed E-state index contributed by atoms with van der Waals surface area (Å²) in [6, 6.07) is -3.95. The highest BCUT2D eigenvalue weighted by molar-refractivity contribution is 5.78. The van der Waals surface area contributed by atoms with Crippen molar-refractivity contribution in [2.75, 3.05) is 7.11 Å². The summed E-state index contributed by atoms with van der Waals surface area (Å²) in [6.45, 7) is 0. The summed E-state index contributed by atoms with van der Waals surface area (Å²) in [6.07, 6.45) is -25.4. The van der Waals surface area contributed by atoms with Crippen molar-refractivity contribution in [3.63, 3.8) is 0 Å². The molecule has 0 spiro atoms. The van der Waals surface area contributed by atoms with E-state index in [-0.39, 0.29) is 7.11 Å². The van der Waals surface area contributed by atoms with Crippen LogP contribution in [-0.2, 0) is 19.0 Å². The Bertz CT molecular complexity index is 564. The van der Waals surface area contributed by atoms with Crippen molar-refractivity contribution in [1.29, 1.82) is 0 Å². The van der Waals surface area contributed by atoms with Crippen LogP contribution in [0.4, 0.5) is 57.1 Å². The lowest BCUT2D eigenvalue weighted by Crippen LogP contribution is -2.63. The van der Waals surface area contributed by atoms with Crippen molar-refractivity contribution in [2.24, 2.45) is 0 Å². The second kappa shape index (κ2) is 6.99. The van der Waals surface area contributed by atoms with Crippen LogP contribution >= 0.6 is 0 Å². The van der Waals surface area contributed by atoms with Crippen LogP contribution < -0.4 is 0 Å². The second-order valence-corrected chi connectivity index (χ2v) is 3.93. The molecule has 1 unspecified atom stereocenters. The molecule has 154 valence electrons. The Morgan fingerprint density at radius 1 is 0.769 bits per heavy atom. The van der Waals surface area contributed by atoms with Gasteiger partial charge >= 0.3 is 48.2 Å². The van der Waals surface area contributed by atoms with Gasteiger partial charge in [0.25, 0.3) is 0 Å². The molecule has 0 saturated heterocycles. The number of hydrogen-bond donors (Lipinski definition) is 0. The zero-order valence-electron chi connectivity index (χ0n) is 11.5. The number of halogens is 13. The van der Waals surface area contributed by atoms with Gasteiger partial charge in [0, 0.05) is 0 Å². The lowest BCUT2D eigenvalue weighted by molar-refractivity contribution is -0.508. The van der Waals surface area contributed by atoms with Crippen LogP contribution in [0.2, 0.25) is 0 Å². The van der Waals surface area contributed by atoms with Crippen LogP contribution in [-0.4, -0.2) is 43.2 Å². The quantitative estimate of drug-likeness (QED) is 0.349. The average molecular weight is 422 g/mol.